The number of aliphatic carboxylic acids is 1. The van der Waals surface area contributed by atoms with E-state index in [2.05, 4.69) is 4.72 Å². The maximum absolute atomic E-state index is 12.2. The molecule has 1 unspecified atom stereocenters. The molecule has 1 aliphatic heterocycles. The van der Waals surface area contributed by atoms with Crippen molar-refractivity contribution in [3.05, 3.63) is 0 Å². The second kappa shape index (κ2) is 6.17. The van der Waals surface area contributed by atoms with E-state index in [0.29, 0.717) is 19.3 Å². The van der Waals surface area contributed by atoms with Gasteiger partial charge in [0.15, 0.2) is 0 Å². The van der Waals surface area contributed by atoms with Crippen molar-refractivity contribution in [2.45, 2.75) is 38.6 Å². The van der Waals surface area contributed by atoms with Gasteiger partial charge in [0.2, 0.25) is 0 Å². The molecule has 1 heterocycles. The second-order valence-electron chi connectivity index (χ2n) is 5.19. The third-order valence-corrected chi connectivity index (χ3v) is 5.44. The van der Waals surface area contributed by atoms with Crippen molar-refractivity contribution >= 4 is 16.2 Å². The van der Waals surface area contributed by atoms with E-state index in [1.807, 2.05) is 0 Å². The molecule has 0 aliphatic carbocycles. The minimum absolute atomic E-state index is 0.192. The van der Waals surface area contributed by atoms with Crippen molar-refractivity contribution in [3.63, 3.8) is 0 Å². The molecule has 1 aliphatic rings. The van der Waals surface area contributed by atoms with Crippen LogP contribution in [0, 0.1) is 5.92 Å². The Bertz CT molecular complexity index is 411. The molecule has 1 atom stereocenters. The van der Waals surface area contributed by atoms with Crippen molar-refractivity contribution in [1.29, 1.82) is 0 Å². The van der Waals surface area contributed by atoms with Crippen molar-refractivity contribution in [3.8, 4) is 0 Å². The maximum atomic E-state index is 12.2. The molecule has 0 aromatic carbocycles. The number of carbonyl (C=O) groups is 1. The molecular formula is C11H22N2O5S. The summed E-state index contributed by atoms with van der Waals surface area (Å²) < 4.78 is 28.0. The first-order chi connectivity index (χ1) is 8.74. The Morgan fingerprint density at radius 1 is 1.42 bits per heavy atom. The molecule has 0 saturated carbocycles. The number of nitrogens with one attached hydrogen (secondary N) is 1. The summed E-state index contributed by atoms with van der Waals surface area (Å²) in [6.07, 6.45) is 1.10. The van der Waals surface area contributed by atoms with Gasteiger partial charge in [-0.2, -0.15) is 17.4 Å². The highest BCUT2D eigenvalue weighted by molar-refractivity contribution is 7.87. The monoisotopic (exact) mass is 294 g/mol. The Morgan fingerprint density at radius 3 is 2.32 bits per heavy atom. The van der Waals surface area contributed by atoms with Crippen LogP contribution in [0.25, 0.3) is 0 Å². The molecule has 3 N–H and O–H groups in total. The average Bonchev–Trinajstić information content (AvgIpc) is 2.38. The first-order valence-electron chi connectivity index (χ1n) is 6.37. The van der Waals surface area contributed by atoms with E-state index in [1.165, 1.54) is 4.31 Å². The highest BCUT2D eigenvalue weighted by Gasteiger charge is 2.35. The summed E-state index contributed by atoms with van der Waals surface area (Å²) in [5.74, 6) is -1.35. The van der Waals surface area contributed by atoms with Crippen LogP contribution < -0.4 is 4.72 Å². The molecule has 8 heteroatoms. The van der Waals surface area contributed by atoms with Gasteiger partial charge in [0.05, 0.1) is 18.1 Å². The van der Waals surface area contributed by atoms with E-state index in [9.17, 15) is 18.3 Å². The number of aliphatic hydroxyl groups excluding tert-OH is 1. The Kier molecular flexibility index (Phi) is 5.31. The van der Waals surface area contributed by atoms with Crippen LogP contribution in [0.5, 0.6) is 0 Å². The zero-order chi connectivity index (χ0) is 14.7. The minimum atomic E-state index is -3.68. The molecule has 0 radical (unpaired) electrons. The summed E-state index contributed by atoms with van der Waals surface area (Å²) in [6.45, 7) is 3.52. The fraction of sp³-hybridized carbons (Fsp3) is 0.909. The normalized spacial score (nSPS) is 22.1. The molecule has 112 valence electrons. The summed E-state index contributed by atoms with van der Waals surface area (Å²) in [5.41, 5.74) is -0.886. The third-order valence-electron chi connectivity index (χ3n) is 3.65. The Balaban J connectivity index is 2.68. The summed E-state index contributed by atoms with van der Waals surface area (Å²) in [4.78, 5) is 10.8. The molecular weight excluding hydrogens is 272 g/mol. The molecule has 19 heavy (non-hydrogen) atoms. The lowest BCUT2D eigenvalue weighted by molar-refractivity contribution is -0.142. The lowest BCUT2D eigenvalue weighted by Crippen LogP contribution is -2.55. The molecule has 0 aromatic rings. The number of carboxylic acids is 1. The van der Waals surface area contributed by atoms with Gasteiger partial charge in [-0.05, 0) is 26.2 Å². The van der Waals surface area contributed by atoms with E-state index >= 15 is 0 Å². The van der Waals surface area contributed by atoms with E-state index in [1.54, 1.807) is 13.8 Å². The SMILES string of the molecule is CCC(C)(CO)NS(=O)(=O)N1CCC(C(=O)O)CC1. The zero-order valence-corrected chi connectivity index (χ0v) is 12.1. The largest absolute Gasteiger partial charge is 0.481 e. The number of rotatable bonds is 6. The number of hydrogen-bond donors (Lipinski definition) is 3. The maximum Gasteiger partial charge on any atom is 0.306 e. The first kappa shape index (κ1) is 16.4. The fourth-order valence-corrected chi connectivity index (χ4v) is 3.59. The van der Waals surface area contributed by atoms with Crippen LogP contribution in [-0.4, -0.2) is 54.1 Å². The standard InChI is InChI=1S/C11H22N2O5S/c1-3-11(2,8-14)12-19(17,18)13-6-4-9(5-7-13)10(15)16/h9,12,14H,3-8H2,1-2H3,(H,15,16). The highest BCUT2D eigenvalue weighted by Crippen LogP contribution is 2.20. The van der Waals surface area contributed by atoms with Crippen molar-refractivity contribution in [2.75, 3.05) is 19.7 Å². The molecule has 7 nitrogen and oxygen atoms in total. The Morgan fingerprint density at radius 2 is 1.95 bits per heavy atom. The van der Waals surface area contributed by atoms with Gasteiger partial charge in [-0.1, -0.05) is 6.92 Å². The first-order valence-corrected chi connectivity index (χ1v) is 7.81. The summed E-state index contributed by atoms with van der Waals surface area (Å²) in [5, 5.41) is 18.1. The molecule has 0 amide bonds. The smallest absolute Gasteiger partial charge is 0.306 e. The van der Waals surface area contributed by atoms with Gasteiger partial charge >= 0.3 is 5.97 Å². The van der Waals surface area contributed by atoms with Gasteiger partial charge in [0, 0.05) is 13.1 Å². The number of hydrogen-bond acceptors (Lipinski definition) is 4. The summed E-state index contributed by atoms with van der Waals surface area (Å²) >= 11 is 0. The van der Waals surface area contributed by atoms with Crippen LogP contribution in [0.15, 0.2) is 0 Å². The van der Waals surface area contributed by atoms with Gasteiger partial charge in [0.25, 0.3) is 10.2 Å². The average molecular weight is 294 g/mol. The summed E-state index contributed by atoms with van der Waals surface area (Å²) in [6, 6.07) is 0. The molecule has 1 fully saturated rings. The van der Waals surface area contributed by atoms with Crippen molar-refractivity contribution in [2.24, 2.45) is 5.92 Å². The predicted octanol–water partition coefficient (Wildman–Crippen LogP) is -0.222. The lowest BCUT2D eigenvalue weighted by Gasteiger charge is -2.34. The van der Waals surface area contributed by atoms with Gasteiger partial charge in [-0.15, -0.1) is 0 Å². The topological polar surface area (TPSA) is 107 Å². The quantitative estimate of drug-likeness (QED) is 0.628. The zero-order valence-electron chi connectivity index (χ0n) is 11.3. The van der Waals surface area contributed by atoms with Gasteiger partial charge in [-0.3, -0.25) is 4.79 Å². The van der Waals surface area contributed by atoms with E-state index in [0.717, 1.165) is 0 Å². The van der Waals surface area contributed by atoms with Crippen LogP contribution in [0.4, 0.5) is 0 Å². The molecule has 0 bridgehead atoms. The molecule has 1 rings (SSSR count). The van der Waals surface area contributed by atoms with Crippen molar-refractivity contribution in [1.82, 2.24) is 9.03 Å². The van der Waals surface area contributed by atoms with E-state index in [4.69, 9.17) is 5.11 Å². The Hall–Kier alpha value is -0.700. The molecule has 0 aromatic heterocycles. The van der Waals surface area contributed by atoms with Crippen LogP contribution >= 0.6 is 0 Å². The van der Waals surface area contributed by atoms with Crippen LogP contribution in [-0.2, 0) is 15.0 Å². The second-order valence-corrected chi connectivity index (χ2v) is 6.86. The third kappa shape index (κ3) is 4.13. The van der Waals surface area contributed by atoms with Crippen LogP contribution in [0.2, 0.25) is 0 Å². The highest BCUT2D eigenvalue weighted by atomic mass is 32.2. The minimum Gasteiger partial charge on any atom is -0.481 e. The van der Waals surface area contributed by atoms with E-state index < -0.39 is 27.6 Å². The number of carboxylic acid groups (broad SMARTS) is 1. The van der Waals surface area contributed by atoms with E-state index in [-0.39, 0.29) is 19.7 Å². The number of piperidine rings is 1. The summed E-state index contributed by atoms with van der Waals surface area (Å²) in [7, 11) is -3.68. The van der Waals surface area contributed by atoms with Gasteiger partial charge in [0.1, 0.15) is 0 Å². The van der Waals surface area contributed by atoms with Crippen LogP contribution in [0.1, 0.15) is 33.1 Å². The number of aliphatic hydroxyl groups is 1. The predicted molar refractivity (Wildman–Crippen MR) is 69.8 cm³/mol. The lowest BCUT2D eigenvalue weighted by atomic mass is 9.99. The van der Waals surface area contributed by atoms with Crippen LogP contribution in [0.3, 0.4) is 0 Å². The van der Waals surface area contributed by atoms with Gasteiger partial charge in [-0.25, -0.2) is 0 Å². The fourth-order valence-electron chi connectivity index (χ4n) is 1.94. The van der Waals surface area contributed by atoms with Gasteiger partial charge < -0.3 is 10.2 Å². The Labute approximate surface area is 113 Å². The molecule has 0 spiro atoms. The molecule has 1 saturated heterocycles. The van der Waals surface area contributed by atoms with Crippen molar-refractivity contribution < 1.29 is 23.4 Å². The number of nitrogens with zero attached hydrogens (tertiary/aromatic N) is 1.